The Morgan fingerprint density at radius 2 is 1.93 bits per heavy atom. The SMILES string of the molecule is CCOc1cccc(CNC(=NC)NCC(OC)C(C)(C)C)c1OC(F)F. The van der Waals surface area contributed by atoms with Gasteiger partial charge in [-0.05, 0) is 18.4 Å². The van der Waals surface area contributed by atoms with E-state index in [0.717, 1.165) is 0 Å². The monoisotopic (exact) mass is 387 g/mol. The summed E-state index contributed by atoms with van der Waals surface area (Å²) < 4.78 is 41.2. The molecule has 0 aliphatic heterocycles. The molecule has 1 aromatic rings. The van der Waals surface area contributed by atoms with Crippen LogP contribution in [0.2, 0.25) is 0 Å². The number of ether oxygens (including phenoxy) is 3. The molecule has 1 atom stereocenters. The van der Waals surface area contributed by atoms with E-state index in [9.17, 15) is 8.78 Å². The molecule has 0 aromatic heterocycles. The largest absolute Gasteiger partial charge is 0.490 e. The number of aliphatic imine (C=N–C) groups is 1. The molecule has 0 aliphatic carbocycles. The highest BCUT2D eigenvalue weighted by Gasteiger charge is 2.24. The second-order valence-corrected chi connectivity index (χ2v) is 6.95. The summed E-state index contributed by atoms with van der Waals surface area (Å²) in [5.41, 5.74) is 0.508. The lowest BCUT2D eigenvalue weighted by atomic mass is 9.89. The minimum atomic E-state index is -2.93. The number of hydrogen-bond donors (Lipinski definition) is 2. The van der Waals surface area contributed by atoms with Gasteiger partial charge in [0.15, 0.2) is 17.5 Å². The first kappa shape index (κ1) is 23.0. The van der Waals surface area contributed by atoms with E-state index in [1.54, 1.807) is 39.3 Å². The Morgan fingerprint density at radius 1 is 1.22 bits per heavy atom. The highest BCUT2D eigenvalue weighted by atomic mass is 19.3. The van der Waals surface area contributed by atoms with Crippen molar-refractivity contribution in [3.05, 3.63) is 23.8 Å². The number of guanidine groups is 1. The predicted octanol–water partition coefficient (Wildman–Crippen LogP) is 3.41. The number of nitrogens with zero attached hydrogens (tertiary/aromatic N) is 1. The van der Waals surface area contributed by atoms with Crippen LogP contribution in [-0.4, -0.2) is 46.0 Å². The van der Waals surface area contributed by atoms with Crippen LogP contribution >= 0.6 is 0 Å². The van der Waals surface area contributed by atoms with E-state index in [4.69, 9.17) is 9.47 Å². The van der Waals surface area contributed by atoms with Gasteiger partial charge in [0.1, 0.15) is 0 Å². The Bertz CT molecular complexity index is 604. The van der Waals surface area contributed by atoms with Crippen LogP contribution in [0.3, 0.4) is 0 Å². The third-order valence-corrected chi connectivity index (χ3v) is 3.94. The van der Waals surface area contributed by atoms with Crippen molar-refractivity contribution in [2.24, 2.45) is 10.4 Å². The highest BCUT2D eigenvalue weighted by Crippen LogP contribution is 2.32. The standard InChI is InChI=1S/C19H31F2N3O3/c1-7-26-14-10-8-9-13(16(14)27-17(20)21)11-23-18(22-5)24-12-15(25-6)19(2,3)4/h8-10,15,17H,7,11-12H2,1-6H3,(H2,22,23,24). The Labute approximate surface area is 160 Å². The number of alkyl halides is 2. The van der Waals surface area contributed by atoms with Crippen LogP contribution in [0.25, 0.3) is 0 Å². The Balaban J connectivity index is 2.81. The fourth-order valence-corrected chi connectivity index (χ4v) is 2.52. The highest BCUT2D eigenvalue weighted by molar-refractivity contribution is 5.79. The van der Waals surface area contributed by atoms with Crippen molar-refractivity contribution in [1.29, 1.82) is 0 Å². The van der Waals surface area contributed by atoms with E-state index in [-0.39, 0.29) is 29.6 Å². The van der Waals surface area contributed by atoms with Gasteiger partial charge in [0.25, 0.3) is 0 Å². The summed E-state index contributed by atoms with van der Waals surface area (Å²) in [5.74, 6) is 0.847. The fourth-order valence-electron chi connectivity index (χ4n) is 2.52. The third-order valence-electron chi connectivity index (χ3n) is 3.94. The zero-order valence-corrected chi connectivity index (χ0v) is 16.9. The van der Waals surface area contributed by atoms with Crippen molar-refractivity contribution in [2.75, 3.05) is 27.3 Å². The molecule has 154 valence electrons. The number of benzene rings is 1. The van der Waals surface area contributed by atoms with Crippen molar-refractivity contribution < 1.29 is 23.0 Å². The molecule has 0 radical (unpaired) electrons. The molecule has 0 amide bonds. The smallest absolute Gasteiger partial charge is 0.387 e. The van der Waals surface area contributed by atoms with Crippen LogP contribution in [0, 0.1) is 5.41 Å². The third kappa shape index (κ3) is 7.58. The first-order chi connectivity index (χ1) is 12.7. The van der Waals surface area contributed by atoms with Crippen molar-refractivity contribution >= 4 is 5.96 Å². The van der Waals surface area contributed by atoms with Crippen LogP contribution in [0.5, 0.6) is 11.5 Å². The number of hydrogen-bond acceptors (Lipinski definition) is 4. The van der Waals surface area contributed by atoms with E-state index in [1.807, 2.05) is 0 Å². The van der Waals surface area contributed by atoms with Crippen LogP contribution < -0.4 is 20.1 Å². The van der Waals surface area contributed by atoms with E-state index in [2.05, 4.69) is 41.1 Å². The van der Waals surface area contributed by atoms with Crippen molar-refractivity contribution in [3.8, 4) is 11.5 Å². The lowest BCUT2D eigenvalue weighted by Gasteiger charge is -2.30. The average molecular weight is 387 g/mol. The van der Waals surface area contributed by atoms with Gasteiger partial charge in [0.2, 0.25) is 0 Å². The molecule has 0 heterocycles. The topological polar surface area (TPSA) is 64.1 Å². The van der Waals surface area contributed by atoms with Gasteiger partial charge in [-0.3, -0.25) is 4.99 Å². The van der Waals surface area contributed by atoms with E-state index in [1.165, 1.54) is 0 Å². The Hall–Kier alpha value is -2.09. The van der Waals surface area contributed by atoms with Gasteiger partial charge in [-0.2, -0.15) is 8.78 Å². The van der Waals surface area contributed by atoms with Crippen molar-refractivity contribution in [3.63, 3.8) is 0 Å². The van der Waals surface area contributed by atoms with Gasteiger partial charge in [0, 0.05) is 32.8 Å². The summed E-state index contributed by atoms with van der Waals surface area (Å²) in [7, 11) is 3.31. The number of rotatable bonds is 9. The fraction of sp³-hybridized carbons (Fsp3) is 0.632. The quantitative estimate of drug-likeness (QED) is 0.502. The number of methoxy groups -OCH3 is 1. The maximum absolute atomic E-state index is 12.8. The molecule has 27 heavy (non-hydrogen) atoms. The van der Waals surface area contributed by atoms with Crippen LogP contribution in [0.1, 0.15) is 33.3 Å². The molecule has 1 unspecified atom stereocenters. The molecule has 0 aliphatic rings. The Kier molecular flexibility index (Phi) is 9.28. The minimum absolute atomic E-state index is 0.0185. The normalized spacial score (nSPS) is 13.4. The summed E-state index contributed by atoms with van der Waals surface area (Å²) >= 11 is 0. The van der Waals surface area contributed by atoms with Gasteiger partial charge in [0.05, 0.1) is 12.7 Å². The molecule has 8 heteroatoms. The lowest BCUT2D eigenvalue weighted by molar-refractivity contribution is -0.0520. The molecule has 2 N–H and O–H groups in total. The summed E-state index contributed by atoms with van der Waals surface area (Å²) in [4.78, 5) is 4.16. The number of nitrogens with one attached hydrogen (secondary N) is 2. The Morgan fingerprint density at radius 3 is 2.44 bits per heavy atom. The first-order valence-corrected chi connectivity index (χ1v) is 8.89. The number of halogens is 2. The molecule has 0 saturated heterocycles. The van der Waals surface area contributed by atoms with Gasteiger partial charge in [-0.25, -0.2) is 0 Å². The first-order valence-electron chi connectivity index (χ1n) is 8.89. The van der Waals surface area contributed by atoms with Crippen LogP contribution in [0.4, 0.5) is 8.78 Å². The molecule has 0 fully saturated rings. The number of para-hydroxylation sites is 1. The van der Waals surface area contributed by atoms with Gasteiger partial charge in [-0.15, -0.1) is 0 Å². The van der Waals surface area contributed by atoms with Crippen LogP contribution in [-0.2, 0) is 11.3 Å². The average Bonchev–Trinajstić information content (AvgIpc) is 2.59. The second kappa shape index (κ2) is 10.9. The molecule has 0 saturated carbocycles. The summed E-state index contributed by atoms with van der Waals surface area (Å²) in [5, 5.41) is 6.29. The molecule has 0 spiro atoms. The summed E-state index contributed by atoms with van der Waals surface area (Å²) in [6.07, 6.45) is -0.0185. The lowest BCUT2D eigenvalue weighted by Crippen LogP contribution is -2.45. The van der Waals surface area contributed by atoms with E-state index < -0.39 is 6.61 Å². The zero-order valence-electron chi connectivity index (χ0n) is 16.9. The predicted molar refractivity (Wildman–Crippen MR) is 103 cm³/mol. The molecule has 1 rings (SSSR count). The minimum Gasteiger partial charge on any atom is -0.490 e. The van der Waals surface area contributed by atoms with E-state index in [0.29, 0.717) is 24.7 Å². The van der Waals surface area contributed by atoms with Gasteiger partial charge >= 0.3 is 6.61 Å². The zero-order chi connectivity index (χ0) is 20.4. The van der Waals surface area contributed by atoms with Crippen molar-refractivity contribution in [1.82, 2.24) is 10.6 Å². The molecule has 1 aromatic carbocycles. The molecule has 6 nitrogen and oxygen atoms in total. The van der Waals surface area contributed by atoms with Crippen LogP contribution in [0.15, 0.2) is 23.2 Å². The van der Waals surface area contributed by atoms with Crippen molar-refractivity contribution in [2.45, 2.75) is 47.0 Å². The van der Waals surface area contributed by atoms with E-state index >= 15 is 0 Å². The maximum atomic E-state index is 12.8. The molecular weight excluding hydrogens is 356 g/mol. The second-order valence-electron chi connectivity index (χ2n) is 6.95. The summed E-state index contributed by atoms with van der Waals surface area (Å²) in [6.45, 7) is 6.27. The van der Waals surface area contributed by atoms with Gasteiger partial charge < -0.3 is 24.8 Å². The maximum Gasteiger partial charge on any atom is 0.387 e. The molecule has 0 bridgehead atoms. The summed E-state index contributed by atoms with van der Waals surface area (Å²) in [6, 6.07) is 5.04. The van der Waals surface area contributed by atoms with Gasteiger partial charge in [-0.1, -0.05) is 32.9 Å². The molecular formula is C19H31F2N3O3.